The maximum Gasteiger partial charge on any atom is 0.258 e. The lowest BCUT2D eigenvalue weighted by Crippen LogP contribution is -2.39. The van der Waals surface area contributed by atoms with Gasteiger partial charge in [0.05, 0.1) is 22.2 Å². The topological polar surface area (TPSA) is 62.5 Å². The zero-order valence-corrected chi connectivity index (χ0v) is 21.3. The average Bonchev–Trinajstić information content (AvgIpc) is 3.31. The van der Waals surface area contributed by atoms with Gasteiger partial charge in [0.15, 0.2) is 5.43 Å². The Bertz CT molecular complexity index is 1720. The molecule has 2 aromatic heterocycles. The quantitative estimate of drug-likeness (QED) is 0.387. The van der Waals surface area contributed by atoms with Gasteiger partial charge in [0, 0.05) is 37.2 Å². The summed E-state index contributed by atoms with van der Waals surface area (Å²) in [5, 5.41) is 1.66. The second kappa shape index (κ2) is 7.85. The van der Waals surface area contributed by atoms with Crippen LogP contribution in [-0.2, 0) is 20.5 Å². The van der Waals surface area contributed by atoms with E-state index in [-0.39, 0.29) is 16.9 Å². The fourth-order valence-corrected chi connectivity index (χ4v) is 6.00. The van der Waals surface area contributed by atoms with Crippen molar-refractivity contribution in [3.05, 3.63) is 91.6 Å². The fourth-order valence-electron chi connectivity index (χ4n) is 6.00. The molecule has 2 aliphatic rings. The number of hydrogen-bond acceptors (Lipinski definition) is 4. The normalized spacial score (nSPS) is 19.5. The van der Waals surface area contributed by atoms with Gasteiger partial charge in [-0.1, -0.05) is 24.3 Å². The summed E-state index contributed by atoms with van der Waals surface area (Å²) >= 11 is 0. The Hall–Kier alpha value is -3.80. The first kappa shape index (κ1) is 22.7. The maximum atomic E-state index is 13.5. The molecule has 1 atom stereocenters. The summed E-state index contributed by atoms with van der Waals surface area (Å²) in [4.78, 5) is 26.8. The standard InChI is InChI=1S/C30H30N2O4/c1-17(24-15-21-26(33)19-10-6-8-12-22(19)32(5)29(21)35-24)14-18-16-30(2,3)36-27-20-11-7-9-13-23(20)31(4)28(34)25(18)27/h6-13,18H,14-16H2,1-5H3/b24-17+/t18-/m1/s1. The molecule has 0 N–H and O–H groups in total. The first-order valence-corrected chi connectivity index (χ1v) is 12.4. The molecule has 0 fully saturated rings. The van der Waals surface area contributed by atoms with Crippen molar-refractivity contribution in [1.29, 1.82) is 0 Å². The zero-order chi connectivity index (χ0) is 25.4. The molecule has 4 aromatic rings. The predicted molar refractivity (Wildman–Crippen MR) is 142 cm³/mol. The van der Waals surface area contributed by atoms with Gasteiger partial charge in [-0.2, -0.15) is 0 Å². The summed E-state index contributed by atoms with van der Waals surface area (Å²) in [5.41, 5.74) is 3.80. The van der Waals surface area contributed by atoms with Crippen molar-refractivity contribution in [1.82, 2.24) is 9.13 Å². The van der Waals surface area contributed by atoms with E-state index in [9.17, 15) is 9.59 Å². The second-order valence-corrected chi connectivity index (χ2v) is 10.8. The number of allylic oxidation sites excluding steroid dienone is 2. The van der Waals surface area contributed by atoms with Gasteiger partial charge in [-0.05, 0) is 63.5 Å². The van der Waals surface area contributed by atoms with E-state index in [4.69, 9.17) is 9.47 Å². The number of benzene rings is 2. The van der Waals surface area contributed by atoms with Crippen LogP contribution in [0.2, 0.25) is 0 Å². The number of para-hydroxylation sites is 2. The lowest BCUT2D eigenvalue weighted by Gasteiger charge is -2.38. The molecule has 6 heteroatoms. The smallest absolute Gasteiger partial charge is 0.258 e. The molecule has 0 saturated heterocycles. The number of hydrogen-bond donors (Lipinski definition) is 0. The van der Waals surface area contributed by atoms with Crippen molar-refractivity contribution >= 4 is 21.8 Å². The van der Waals surface area contributed by atoms with Gasteiger partial charge in [-0.25, -0.2) is 0 Å². The van der Waals surface area contributed by atoms with Crippen molar-refractivity contribution in [3.8, 4) is 11.6 Å². The Balaban J connectivity index is 1.44. The predicted octanol–water partition coefficient (Wildman–Crippen LogP) is 5.33. The van der Waals surface area contributed by atoms with Crippen LogP contribution in [0.3, 0.4) is 0 Å². The number of pyridine rings is 2. The SMILES string of the molecule is C/C(C[C@@H]1CC(C)(C)Oc2c1c(=O)n(C)c1ccccc21)=C1/Cc2c(n(C)c3ccccc3c2=O)O1. The van der Waals surface area contributed by atoms with E-state index in [0.29, 0.717) is 35.4 Å². The average molecular weight is 483 g/mol. The largest absolute Gasteiger partial charge is 0.487 e. The van der Waals surface area contributed by atoms with Crippen molar-refractivity contribution in [2.75, 3.05) is 0 Å². The molecule has 0 spiro atoms. The van der Waals surface area contributed by atoms with Crippen LogP contribution in [0.25, 0.3) is 21.8 Å². The van der Waals surface area contributed by atoms with Gasteiger partial charge < -0.3 is 18.6 Å². The minimum atomic E-state index is -0.413. The van der Waals surface area contributed by atoms with E-state index < -0.39 is 5.60 Å². The minimum Gasteiger partial charge on any atom is -0.487 e. The highest BCUT2D eigenvalue weighted by Gasteiger charge is 2.38. The summed E-state index contributed by atoms with van der Waals surface area (Å²) in [6.45, 7) is 6.21. The van der Waals surface area contributed by atoms with Crippen LogP contribution in [0.1, 0.15) is 50.7 Å². The second-order valence-electron chi connectivity index (χ2n) is 10.8. The Morgan fingerprint density at radius 1 is 0.972 bits per heavy atom. The number of fused-ring (bicyclic) bond motifs is 5. The highest BCUT2D eigenvalue weighted by Crippen LogP contribution is 2.46. The molecule has 4 heterocycles. The molecule has 0 unspecified atom stereocenters. The van der Waals surface area contributed by atoms with Crippen LogP contribution in [0.15, 0.2) is 69.5 Å². The molecule has 0 aliphatic carbocycles. The third-order valence-corrected chi connectivity index (χ3v) is 7.75. The molecule has 184 valence electrons. The molecule has 0 bridgehead atoms. The Morgan fingerprint density at radius 2 is 1.61 bits per heavy atom. The van der Waals surface area contributed by atoms with E-state index in [0.717, 1.165) is 39.7 Å². The Morgan fingerprint density at radius 3 is 2.33 bits per heavy atom. The van der Waals surface area contributed by atoms with Gasteiger partial charge >= 0.3 is 0 Å². The summed E-state index contributed by atoms with van der Waals surface area (Å²) in [7, 11) is 3.76. The summed E-state index contributed by atoms with van der Waals surface area (Å²) in [5.74, 6) is 2.09. The van der Waals surface area contributed by atoms with Crippen LogP contribution in [0.5, 0.6) is 11.6 Å². The molecular weight excluding hydrogens is 452 g/mol. The zero-order valence-electron chi connectivity index (χ0n) is 21.3. The van der Waals surface area contributed by atoms with E-state index in [1.165, 1.54) is 0 Å². The van der Waals surface area contributed by atoms with Crippen LogP contribution in [0.4, 0.5) is 0 Å². The molecule has 2 aliphatic heterocycles. The molecule has 6 rings (SSSR count). The monoisotopic (exact) mass is 482 g/mol. The van der Waals surface area contributed by atoms with Crippen LogP contribution < -0.4 is 20.5 Å². The van der Waals surface area contributed by atoms with Gasteiger partial charge in [-0.15, -0.1) is 0 Å². The molecule has 0 amide bonds. The van der Waals surface area contributed by atoms with Crippen molar-refractivity contribution in [3.63, 3.8) is 0 Å². The van der Waals surface area contributed by atoms with Gasteiger partial charge in [0.2, 0.25) is 5.88 Å². The number of aromatic nitrogens is 2. The maximum absolute atomic E-state index is 13.5. The van der Waals surface area contributed by atoms with E-state index in [1.807, 2.05) is 67.2 Å². The van der Waals surface area contributed by atoms with Gasteiger partial charge in [0.1, 0.15) is 17.1 Å². The molecule has 6 nitrogen and oxygen atoms in total. The van der Waals surface area contributed by atoms with Crippen LogP contribution >= 0.6 is 0 Å². The van der Waals surface area contributed by atoms with Crippen LogP contribution in [-0.4, -0.2) is 14.7 Å². The lowest BCUT2D eigenvalue weighted by atomic mass is 9.80. The van der Waals surface area contributed by atoms with Gasteiger partial charge in [0.25, 0.3) is 5.56 Å². The minimum absolute atomic E-state index is 0.0166. The van der Waals surface area contributed by atoms with Crippen LogP contribution in [0, 0.1) is 0 Å². The number of aryl methyl sites for hydroxylation is 2. The highest BCUT2D eigenvalue weighted by atomic mass is 16.5. The summed E-state index contributed by atoms with van der Waals surface area (Å²) in [6.07, 6.45) is 1.84. The molecule has 0 saturated carbocycles. The number of ether oxygens (including phenoxy) is 2. The van der Waals surface area contributed by atoms with Crippen molar-refractivity contribution in [2.24, 2.45) is 14.1 Å². The molecule has 2 aromatic carbocycles. The van der Waals surface area contributed by atoms with E-state index in [2.05, 4.69) is 20.8 Å². The summed E-state index contributed by atoms with van der Waals surface area (Å²) in [6, 6.07) is 15.5. The molecule has 36 heavy (non-hydrogen) atoms. The van der Waals surface area contributed by atoms with Crippen molar-refractivity contribution < 1.29 is 9.47 Å². The first-order valence-electron chi connectivity index (χ1n) is 12.4. The number of rotatable bonds is 2. The molecular formula is C30H30N2O4. The third kappa shape index (κ3) is 3.31. The van der Waals surface area contributed by atoms with Crippen molar-refractivity contribution in [2.45, 2.75) is 51.6 Å². The first-order chi connectivity index (χ1) is 17.2. The molecule has 0 radical (unpaired) electrons. The van der Waals surface area contributed by atoms with E-state index in [1.54, 1.807) is 4.57 Å². The third-order valence-electron chi connectivity index (χ3n) is 7.75. The highest BCUT2D eigenvalue weighted by molar-refractivity contribution is 5.87. The number of nitrogens with zero attached hydrogens (tertiary/aromatic N) is 2. The Labute approximate surface area is 209 Å². The lowest BCUT2D eigenvalue weighted by molar-refractivity contribution is 0.0729. The Kier molecular flexibility index (Phi) is 4.94. The fraction of sp³-hybridized carbons (Fsp3) is 0.333. The van der Waals surface area contributed by atoms with E-state index >= 15 is 0 Å². The summed E-state index contributed by atoms with van der Waals surface area (Å²) < 4.78 is 16.4. The van der Waals surface area contributed by atoms with Gasteiger partial charge in [-0.3, -0.25) is 9.59 Å².